The number of hydrogen-bond donors (Lipinski definition) is 1. The van der Waals surface area contributed by atoms with Crippen LogP contribution >= 0.6 is 22.7 Å². The fraction of sp³-hybridized carbons (Fsp3) is 0.200. The smallest absolute Gasteiger partial charge is 0.0682 e. The van der Waals surface area contributed by atoms with Crippen LogP contribution in [0.2, 0.25) is 0 Å². The van der Waals surface area contributed by atoms with Crippen LogP contribution < -0.4 is 5.32 Å². The van der Waals surface area contributed by atoms with Crippen LogP contribution in [0.15, 0.2) is 41.8 Å². The first kappa shape index (κ1) is 11.9. The third-order valence-electron chi connectivity index (χ3n) is 3.16. The van der Waals surface area contributed by atoms with E-state index in [9.17, 15) is 0 Å². The van der Waals surface area contributed by atoms with Gasteiger partial charge in [0.1, 0.15) is 0 Å². The van der Waals surface area contributed by atoms with Crippen molar-refractivity contribution in [2.75, 3.05) is 7.05 Å². The molecule has 0 saturated carbocycles. The summed E-state index contributed by atoms with van der Waals surface area (Å²) in [5.74, 6) is 0. The summed E-state index contributed by atoms with van der Waals surface area (Å²) in [5, 5.41) is 7.09. The van der Waals surface area contributed by atoms with Crippen LogP contribution in [-0.2, 0) is 0 Å². The first-order valence-electron chi connectivity index (χ1n) is 5.99. The predicted octanol–water partition coefficient (Wildman–Crippen LogP) is 4.58. The monoisotopic (exact) mass is 273 g/mol. The Morgan fingerprint density at radius 2 is 1.94 bits per heavy atom. The minimum Gasteiger partial charge on any atom is -0.309 e. The lowest BCUT2D eigenvalue weighted by molar-refractivity contribution is 0.711. The zero-order valence-electron chi connectivity index (χ0n) is 10.4. The highest BCUT2D eigenvalue weighted by molar-refractivity contribution is 7.17. The Balaban J connectivity index is 2.11. The molecule has 0 radical (unpaired) electrons. The summed E-state index contributed by atoms with van der Waals surface area (Å²) in [6.45, 7) is 2.16. The maximum Gasteiger partial charge on any atom is 0.0682 e. The number of benzene rings is 1. The third-order valence-corrected chi connectivity index (χ3v) is 5.20. The molecule has 1 N–H and O–H groups in total. The van der Waals surface area contributed by atoms with Crippen LogP contribution in [0.4, 0.5) is 0 Å². The Morgan fingerprint density at radius 3 is 2.67 bits per heavy atom. The molecule has 92 valence electrons. The average Bonchev–Trinajstić information content (AvgIpc) is 2.98. The van der Waals surface area contributed by atoms with Crippen molar-refractivity contribution in [3.05, 3.63) is 57.1 Å². The van der Waals surface area contributed by atoms with Crippen LogP contribution in [-0.4, -0.2) is 7.05 Å². The van der Waals surface area contributed by atoms with Crippen LogP contribution in [0.1, 0.15) is 21.4 Å². The third kappa shape index (κ3) is 1.99. The molecular weight excluding hydrogens is 258 g/mol. The molecule has 1 unspecified atom stereocenters. The molecule has 2 aromatic heterocycles. The van der Waals surface area contributed by atoms with Gasteiger partial charge in [-0.05, 0) is 48.5 Å². The van der Waals surface area contributed by atoms with E-state index in [0.717, 1.165) is 0 Å². The van der Waals surface area contributed by atoms with Crippen molar-refractivity contribution < 1.29 is 0 Å². The lowest BCUT2D eigenvalue weighted by atomic mass is 10.0. The van der Waals surface area contributed by atoms with Crippen molar-refractivity contribution in [2.45, 2.75) is 13.0 Å². The highest BCUT2D eigenvalue weighted by Crippen LogP contribution is 2.35. The molecule has 0 aliphatic heterocycles. The highest BCUT2D eigenvalue weighted by atomic mass is 32.1. The number of aryl methyl sites for hydroxylation is 1. The first-order chi connectivity index (χ1) is 8.79. The van der Waals surface area contributed by atoms with Crippen molar-refractivity contribution in [2.24, 2.45) is 0 Å². The van der Waals surface area contributed by atoms with Crippen molar-refractivity contribution >= 4 is 32.8 Å². The van der Waals surface area contributed by atoms with Crippen LogP contribution in [0.3, 0.4) is 0 Å². The second kappa shape index (κ2) is 4.84. The van der Waals surface area contributed by atoms with Gasteiger partial charge in [-0.1, -0.05) is 18.2 Å². The minimum atomic E-state index is 0.305. The quantitative estimate of drug-likeness (QED) is 0.736. The maximum absolute atomic E-state index is 3.44. The van der Waals surface area contributed by atoms with E-state index in [4.69, 9.17) is 0 Å². The fourth-order valence-corrected chi connectivity index (χ4v) is 4.28. The van der Waals surface area contributed by atoms with Gasteiger partial charge < -0.3 is 5.32 Å². The zero-order chi connectivity index (χ0) is 12.5. The Morgan fingerprint density at radius 1 is 1.11 bits per heavy atom. The molecule has 0 spiro atoms. The van der Waals surface area contributed by atoms with Crippen LogP contribution in [0.5, 0.6) is 0 Å². The summed E-state index contributed by atoms with van der Waals surface area (Å²) < 4.78 is 1.36. The fourth-order valence-electron chi connectivity index (χ4n) is 2.28. The van der Waals surface area contributed by atoms with Gasteiger partial charge in [0.05, 0.1) is 6.04 Å². The molecule has 0 saturated heterocycles. The Bertz CT molecular complexity index is 666. The van der Waals surface area contributed by atoms with Gasteiger partial charge in [-0.25, -0.2) is 0 Å². The van der Waals surface area contributed by atoms with E-state index in [1.54, 1.807) is 0 Å². The summed E-state index contributed by atoms with van der Waals surface area (Å²) in [5.41, 5.74) is 1.39. The highest BCUT2D eigenvalue weighted by Gasteiger charge is 2.17. The standard InChI is InChI=1S/C15H15NS2/c1-10-7-8-14(18-10)15(16-2)12-9-17-13-6-4-3-5-11(12)13/h3-9,15-16H,1-2H3. The van der Waals surface area contributed by atoms with E-state index in [0.29, 0.717) is 6.04 Å². The number of nitrogens with one attached hydrogen (secondary N) is 1. The van der Waals surface area contributed by atoms with Crippen LogP contribution in [0.25, 0.3) is 10.1 Å². The molecule has 2 heterocycles. The number of rotatable bonds is 3. The summed E-state index contributed by atoms with van der Waals surface area (Å²) in [4.78, 5) is 2.75. The molecule has 3 aromatic rings. The van der Waals surface area contributed by atoms with Gasteiger partial charge in [-0.3, -0.25) is 0 Å². The summed E-state index contributed by atoms with van der Waals surface area (Å²) in [6.07, 6.45) is 0. The topological polar surface area (TPSA) is 12.0 Å². The van der Waals surface area contributed by atoms with Gasteiger partial charge in [0.15, 0.2) is 0 Å². The maximum atomic E-state index is 3.44. The first-order valence-corrected chi connectivity index (χ1v) is 7.69. The second-order valence-corrected chi connectivity index (χ2v) is 6.59. The molecule has 0 aliphatic rings. The molecular formula is C15H15NS2. The minimum absolute atomic E-state index is 0.305. The van der Waals surface area contributed by atoms with Gasteiger partial charge in [0.2, 0.25) is 0 Å². The zero-order valence-corrected chi connectivity index (χ0v) is 12.1. The number of thiophene rings is 2. The molecule has 0 fully saturated rings. The molecule has 3 heteroatoms. The van der Waals surface area contributed by atoms with Gasteiger partial charge in [-0.15, -0.1) is 22.7 Å². The Hall–Kier alpha value is -1.16. The normalized spacial score (nSPS) is 13.0. The predicted molar refractivity (Wildman–Crippen MR) is 81.8 cm³/mol. The van der Waals surface area contributed by atoms with Gasteiger partial charge >= 0.3 is 0 Å². The summed E-state index contributed by atoms with van der Waals surface area (Å²) in [6, 6.07) is 13.4. The van der Waals surface area contributed by atoms with E-state index in [2.05, 4.69) is 54.0 Å². The van der Waals surface area contributed by atoms with Crippen molar-refractivity contribution in [1.29, 1.82) is 0 Å². The van der Waals surface area contributed by atoms with Gasteiger partial charge in [0, 0.05) is 14.5 Å². The van der Waals surface area contributed by atoms with Gasteiger partial charge in [0.25, 0.3) is 0 Å². The summed E-state index contributed by atoms with van der Waals surface area (Å²) in [7, 11) is 2.03. The Kier molecular flexibility index (Phi) is 3.20. The molecule has 3 rings (SSSR count). The van der Waals surface area contributed by atoms with E-state index >= 15 is 0 Å². The number of hydrogen-bond acceptors (Lipinski definition) is 3. The average molecular weight is 273 g/mol. The van der Waals surface area contributed by atoms with Crippen molar-refractivity contribution in [3.8, 4) is 0 Å². The second-order valence-electron chi connectivity index (χ2n) is 4.36. The molecule has 1 aromatic carbocycles. The van der Waals surface area contributed by atoms with Crippen molar-refractivity contribution in [3.63, 3.8) is 0 Å². The lowest BCUT2D eigenvalue weighted by Gasteiger charge is -2.14. The van der Waals surface area contributed by atoms with Gasteiger partial charge in [-0.2, -0.15) is 0 Å². The molecule has 1 atom stereocenters. The van der Waals surface area contributed by atoms with E-state index in [1.807, 2.05) is 29.7 Å². The van der Waals surface area contributed by atoms with E-state index < -0.39 is 0 Å². The van der Waals surface area contributed by atoms with Crippen molar-refractivity contribution in [1.82, 2.24) is 5.32 Å². The molecule has 0 bridgehead atoms. The summed E-state index contributed by atoms with van der Waals surface area (Å²) >= 11 is 3.69. The molecule has 0 amide bonds. The molecule has 18 heavy (non-hydrogen) atoms. The lowest BCUT2D eigenvalue weighted by Crippen LogP contribution is -2.15. The number of fused-ring (bicyclic) bond motifs is 1. The van der Waals surface area contributed by atoms with Crippen LogP contribution in [0, 0.1) is 6.92 Å². The van der Waals surface area contributed by atoms with E-state index in [1.165, 1.54) is 25.4 Å². The SMILES string of the molecule is CNC(c1ccc(C)s1)c1csc2ccccc12. The van der Waals surface area contributed by atoms with E-state index in [-0.39, 0.29) is 0 Å². The molecule has 0 aliphatic carbocycles. The Labute approximate surface area is 115 Å². The molecule has 1 nitrogen and oxygen atoms in total. The largest absolute Gasteiger partial charge is 0.309 e.